The maximum Gasteiger partial charge on any atom is 0.274 e. The summed E-state index contributed by atoms with van der Waals surface area (Å²) in [6.45, 7) is -3.30. The highest BCUT2D eigenvalue weighted by Gasteiger charge is 2.48. The van der Waals surface area contributed by atoms with Crippen molar-refractivity contribution < 1.29 is 35.9 Å². The monoisotopic (exact) mass is 474 g/mol. The summed E-state index contributed by atoms with van der Waals surface area (Å²) in [6.07, 6.45) is -1.90. The molecule has 0 spiro atoms. The number of rotatable bonds is 7. The largest absolute Gasteiger partial charge is 0.385 e. The number of carbonyl (C=O) groups excluding carboxylic acids is 1. The molecule has 1 aliphatic rings. The van der Waals surface area contributed by atoms with Gasteiger partial charge < -0.3 is 15.8 Å². The highest BCUT2D eigenvalue weighted by molar-refractivity contribution is 6.03. The Morgan fingerprint density at radius 1 is 1.21 bits per heavy atom. The van der Waals surface area contributed by atoms with Gasteiger partial charge in [0.25, 0.3) is 12.3 Å². The molecule has 0 fully saturated rings. The van der Waals surface area contributed by atoms with Crippen molar-refractivity contribution in [3.63, 3.8) is 0 Å². The summed E-state index contributed by atoms with van der Waals surface area (Å²) in [5.74, 6) is -2.37. The zero-order chi connectivity index (χ0) is 24.4. The lowest BCUT2D eigenvalue weighted by atomic mass is 9.88. The molecule has 0 bridgehead atoms. The third-order valence-corrected chi connectivity index (χ3v) is 5.33. The predicted molar refractivity (Wildman–Crippen MR) is 108 cm³/mol. The summed E-state index contributed by atoms with van der Waals surface area (Å²) in [7, 11) is 0. The first-order valence-electron chi connectivity index (χ1n) is 9.65. The normalized spacial score (nSPS) is 19.9. The Balaban J connectivity index is 1.94. The molecule has 178 valence electrons. The molecule has 33 heavy (non-hydrogen) atoms. The minimum absolute atomic E-state index is 0.00459. The van der Waals surface area contributed by atoms with Crippen LogP contribution in [0.25, 0.3) is 0 Å². The van der Waals surface area contributed by atoms with Crippen molar-refractivity contribution in [3.8, 4) is 0 Å². The van der Waals surface area contributed by atoms with E-state index < -0.39 is 61.8 Å². The Bertz CT molecular complexity index is 1080. The predicted octanol–water partition coefficient (Wildman–Crippen LogP) is 3.95. The fourth-order valence-electron chi connectivity index (χ4n) is 3.33. The van der Waals surface area contributed by atoms with E-state index in [1.54, 1.807) is 0 Å². The third kappa shape index (κ3) is 4.52. The van der Waals surface area contributed by atoms with Crippen LogP contribution in [0, 0.1) is 12.7 Å². The first-order valence-corrected chi connectivity index (χ1v) is 9.65. The standard InChI is InChI=1S/C21H20F6N4O2/c1-11-4-12(17(26)27)6-29-16(11)18(32)30-13-2-3-15(25)14(5-13)20(7-22)10-33-21(8-23,9-24)19(28)31-20/h2-6,17H,7-10H2,1H3,(H2,28,31)(H,30,32)/t20-/m0/s1. The number of amides is 1. The van der Waals surface area contributed by atoms with Crippen molar-refractivity contribution in [3.05, 3.63) is 58.7 Å². The Morgan fingerprint density at radius 3 is 2.45 bits per heavy atom. The van der Waals surface area contributed by atoms with E-state index in [2.05, 4.69) is 15.3 Å². The molecular weight excluding hydrogens is 454 g/mol. The van der Waals surface area contributed by atoms with Gasteiger partial charge in [-0.05, 0) is 36.8 Å². The van der Waals surface area contributed by atoms with E-state index in [1.165, 1.54) is 13.0 Å². The van der Waals surface area contributed by atoms with Gasteiger partial charge in [-0.1, -0.05) is 0 Å². The molecule has 1 atom stereocenters. The molecule has 2 aromatic rings. The summed E-state index contributed by atoms with van der Waals surface area (Å²) in [5, 5.41) is 2.43. The van der Waals surface area contributed by atoms with Crippen LogP contribution in [0.1, 0.15) is 33.6 Å². The number of aliphatic imine (C=N–C) groups is 1. The van der Waals surface area contributed by atoms with Gasteiger partial charge in [0.15, 0.2) is 5.60 Å². The van der Waals surface area contributed by atoms with E-state index in [1.807, 2.05) is 0 Å². The number of benzene rings is 1. The fourth-order valence-corrected chi connectivity index (χ4v) is 3.33. The van der Waals surface area contributed by atoms with Crippen LogP contribution in [0.4, 0.5) is 32.0 Å². The minimum Gasteiger partial charge on any atom is -0.385 e. The number of nitrogens with two attached hydrogens (primary N) is 1. The van der Waals surface area contributed by atoms with Gasteiger partial charge in [-0.15, -0.1) is 0 Å². The summed E-state index contributed by atoms with van der Waals surface area (Å²) in [5.41, 5.74) is 0.751. The highest BCUT2D eigenvalue weighted by Crippen LogP contribution is 2.37. The zero-order valence-electron chi connectivity index (χ0n) is 17.3. The van der Waals surface area contributed by atoms with Gasteiger partial charge in [0.2, 0.25) is 0 Å². The van der Waals surface area contributed by atoms with Crippen molar-refractivity contribution in [2.24, 2.45) is 10.7 Å². The second kappa shape index (κ2) is 9.38. The average Bonchev–Trinajstić information content (AvgIpc) is 2.80. The number of nitrogens with one attached hydrogen (secondary N) is 1. The lowest BCUT2D eigenvalue weighted by Gasteiger charge is -2.40. The molecule has 1 amide bonds. The number of pyridine rings is 1. The van der Waals surface area contributed by atoms with Gasteiger partial charge in [-0.25, -0.2) is 26.3 Å². The number of anilines is 1. The van der Waals surface area contributed by atoms with Crippen LogP contribution in [-0.4, -0.2) is 49.0 Å². The summed E-state index contributed by atoms with van der Waals surface area (Å²) >= 11 is 0. The Kier molecular flexibility index (Phi) is 6.96. The van der Waals surface area contributed by atoms with Crippen molar-refractivity contribution >= 4 is 17.4 Å². The number of ether oxygens (including phenoxy) is 1. The molecule has 1 aromatic carbocycles. The number of hydrogen-bond acceptors (Lipinski definition) is 5. The first kappa shape index (κ1) is 24.5. The van der Waals surface area contributed by atoms with Crippen molar-refractivity contribution in [2.75, 3.05) is 31.9 Å². The van der Waals surface area contributed by atoms with Crippen LogP contribution < -0.4 is 11.1 Å². The lowest BCUT2D eigenvalue weighted by molar-refractivity contribution is -0.0644. The van der Waals surface area contributed by atoms with Crippen molar-refractivity contribution in [1.29, 1.82) is 0 Å². The fraction of sp³-hybridized carbons (Fsp3) is 0.381. The maximum atomic E-state index is 14.6. The van der Waals surface area contributed by atoms with E-state index in [0.29, 0.717) is 0 Å². The molecule has 0 aliphatic carbocycles. The highest BCUT2D eigenvalue weighted by atomic mass is 19.3. The molecule has 1 aromatic heterocycles. The molecule has 12 heteroatoms. The Labute approximate surface area is 184 Å². The van der Waals surface area contributed by atoms with Crippen LogP contribution in [0.5, 0.6) is 0 Å². The topological polar surface area (TPSA) is 89.6 Å². The van der Waals surface area contributed by atoms with Gasteiger partial charge in [0.1, 0.15) is 42.9 Å². The Hall–Kier alpha value is -3.15. The molecule has 0 saturated carbocycles. The van der Waals surface area contributed by atoms with Crippen LogP contribution in [0.3, 0.4) is 0 Å². The first-order chi connectivity index (χ1) is 15.6. The van der Waals surface area contributed by atoms with Crippen molar-refractivity contribution in [1.82, 2.24) is 4.98 Å². The number of alkyl halides is 5. The molecule has 3 N–H and O–H groups in total. The second-order valence-electron chi connectivity index (χ2n) is 7.60. The number of aromatic nitrogens is 1. The number of hydrogen-bond donors (Lipinski definition) is 2. The summed E-state index contributed by atoms with van der Waals surface area (Å²) in [4.78, 5) is 20.2. The Morgan fingerprint density at radius 2 is 1.91 bits per heavy atom. The number of carbonyl (C=O) groups is 1. The molecule has 6 nitrogen and oxygen atoms in total. The number of amidine groups is 1. The molecule has 0 saturated heterocycles. The van der Waals surface area contributed by atoms with Gasteiger partial charge in [-0.3, -0.25) is 14.8 Å². The van der Waals surface area contributed by atoms with Crippen LogP contribution in [0.2, 0.25) is 0 Å². The third-order valence-electron chi connectivity index (χ3n) is 5.33. The van der Waals surface area contributed by atoms with E-state index in [4.69, 9.17) is 10.5 Å². The molecule has 0 unspecified atom stereocenters. The quantitative estimate of drug-likeness (QED) is 0.595. The smallest absolute Gasteiger partial charge is 0.274 e. The number of aryl methyl sites for hydroxylation is 1. The van der Waals surface area contributed by atoms with E-state index in [-0.39, 0.29) is 28.1 Å². The lowest BCUT2D eigenvalue weighted by Crippen LogP contribution is -2.58. The van der Waals surface area contributed by atoms with E-state index in [0.717, 1.165) is 24.4 Å². The summed E-state index contributed by atoms with van der Waals surface area (Å²) in [6, 6.07) is 4.30. The van der Waals surface area contributed by atoms with Gasteiger partial charge in [0.05, 0.1) is 6.61 Å². The number of nitrogens with zero attached hydrogens (tertiary/aromatic N) is 2. The molecule has 1 aliphatic heterocycles. The van der Waals surface area contributed by atoms with Crippen LogP contribution in [-0.2, 0) is 10.3 Å². The SMILES string of the molecule is Cc1cc(C(F)F)cnc1C(=O)Nc1ccc(F)c([C@]2(CF)COC(CF)(CF)C(N)=N2)c1. The van der Waals surface area contributed by atoms with E-state index in [9.17, 15) is 31.1 Å². The van der Waals surface area contributed by atoms with Crippen LogP contribution >= 0.6 is 0 Å². The van der Waals surface area contributed by atoms with E-state index >= 15 is 0 Å². The minimum atomic E-state index is -2.76. The molecule has 3 rings (SSSR count). The number of halogens is 6. The van der Waals surface area contributed by atoms with Gasteiger partial charge >= 0.3 is 0 Å². The second-order valence-corrected chi connectivity index (χ2v) is 7.60. The van der Waals surface area contributed by atoms with Gasteiger partial charge in [-0.2, -0.15) is 0 Å². The molecule has 0 radical (unpaired) electrons. The van der Waals surface area contributed by atoms with Crippen LogP contribution in [0.15, 0.2) is 35.5 Å². The van der Waals surface area contributed by atoms with Gasteiger partial charge in [0, 0.05) is 23.0 Å². The van der Waals surface area contributed by atoms with Crippen molar-refractivity contribution in [2.45, 2.75) is 24.5 Å². The maximum absolute atomic E-state index is 14.6. The summed E-state index contributed by atoms with van der Waals surface area (Å²) < 4.78 is 86.1. The average molecular weight is 474 g/mol. The molecular formula is C21H20F6N4O2. The zero-order valence-corrected chi connectivity index (χ0v) is 17.3. The molecule has 2 heterocycles.